The van der Waals surface area contributed by atoms with Gasteiger partial charge in [0.1, 0.15) is 11.5 Å². The van der Waals surface area contributed by atoms with Gasteiger partial charge in [0.25, 0.3) is 0 Å². The first-order valence-corrected chi connectivity index (χ1v) is 6.70. The van der Waals surface area contributed by atoms with Crippen LogP contribution in [0.3, 0.4) is 0 Å². The van der Waals surface area contributed by atoms with Gasteiger partial charge in [0.05, 0.1) is 11.7 Å². The van der Waals surface area contributed by atoms with Gasteiger partial charge >= 0.3 is 0 Å². The van der Waals surface area contributed by atoms with E-state index in [0.29, 0.717) is 11.3 Å². The molecule has 0 unspecified atom stereocenters. The summed E-state index contributed by atoms with van der Waals surface area (Å²) in [5.41, 5.74) is 1.13. The highest BCUT2D eigenvalue weighted by atomic mass is 19.1. The number of hydrogen-bond donors (Lipinski definition) is 0. The van der Waals surface area contributed by atoms with Crippen LogP contribution in [0.15, 0.2) is 49.5 Å². The first-order valence-electron chi connectivity index (χ1n) is 6.70. The molecule has 4 heteroatoms. The van der Waals surface area contributed by atoms with E-state index in [2.05, 4.69) is 44.2 Å². The molecule has 3 nitrogen and oxygen atoms in total. The van der Waals surface area contributed by atoms with Crippen LogP contribution in [0.2, 0.25) is 0 Å². The van der Waals surface area contributed by atoms with Crippen molar-refractivity contribution in [3.8, 4) is 0 Å². The number of aromatic nitrogens is 3. The second-order valence-corrected chi connectivity index (χ2v) is 5.20. The third kappa shape index (κ3) is 4.02. The molecule has 1 rings (SSSR count). The van der Waals surface area contributed by atoms with Crippen LogP contribution >= 0.6 is 0 Å². The van der Waals surface area contributed by atoms with Gasteiger partial charge in [-0.25, -0.2) is 9.07 Å². The van der Waals surface area contributed by atoms with Gasteiger partial charge in [0, 0.05) is 5.57 Å². The highest BCUT2D eigenvalue weighted by Gasteiger charge is 2.21. The van der Waals surface area contributed by atoms with Crippen LogP contribution in [0.5, 0.6) is 0 Å². The van der Waals surface area contributed by atoms with Crippen LogP contribution < -0.4 is 0 Å². The topological polar surface area (TPSA) is 30.7 Å². The maximum absolute atomic E-state index is 13.4. The zero-order valence-electron chi connectivity index (χ0n) is 12.4. The third-order valence-corrected chi connectivity index (χ3v) is 3.06. The Kier molecular flexibility index (Phi) is 5.62. The second-order valence-electron chi connectivity index (χ2n) is 5.20. The van der Waals surface area contributed by atoms with Gasteiger partial charge in [-0.1, -0.05) is 43.9 Å². The van der Waals surface area contributed by atoms with Crippen molar-refractivity contribution in [3.05, 3.63) is 55.2 Å². The highest BCUT2D eigenvalue weighted by molar-refractivity contribution is 5.73. The summed E-state index contributed by atoms with van der Waals surface area (Å²) in [5.74, 6) is -0.416. The Morgan fingerprint density at radius 1 is 1.45 bits per heavy atom. The molecule has 0 aliphatic carbocycles. The average molecular weight is 275 g/mol. The molecule has 0 amide bonds. The van der Waals surface area contributed by atoms with E-state index in [1.807, 2.05) is 10.9 Å². The van der Waals surface area contributed by atoms with Crippen LogP contribution in [0.25, 0.3) is 5.57 Å². The highest BCUT2D eigenvalue weighted by Crippen LogP contribution is 2.23. The predicted octanol–water partition coefficient (Wildman–Crippen LogP) is 4.42. The number of nitrogens with zero attached hydrogens (tertiary/aromatic N) is 3. The fourth-order valence-electron chi connectivity index (χ4n) is 1.96. The minimum atomic E-state index is -0.416. The van der Waals surface area contributed by atoms with E-state index in [0.717, 1.165) is 18.9 Å². The first kappa shape index (κ1) is 16.1. The summed E-state index contributed by atoms with van der Waals surface area (Å²) in [4.78, 5) is 0. The van der Waals surface area contributed by atoms with Crippen molar-refractivity contribution >= 4 is 5.57 Å². The monoisotopic (exact) mass is 275 g/mol. The van der Waals surface area contributed by atoms with Crippen LogP contribution in [-0.2, 0) is 5.54 Å². The van der Waals surface area contributed by atoms with E-state index in [1.165, 1.54) is 6.08 Å². The van der Waals surface area contributed by atoms with Crippen LogP contribution in [0.1, 0.15) is 39.3 Å². The van der Waals surface area contributed by atoms with Gasteiger partial charge in [-0.15, -0.1) is 5.10 Å². The van der Waals surface area contributed by atoms with E-state index in [4.69, 9.17) is 0 Å². The van der Waals surface area contributed by atoms with Crippen molar-refractivity contribution < 1.29 is 4.39 Å². The van der Waals surface area contributed by atoms with Crippen LogP contribution in [0.4, 0.5) is 4.39 Å². The molecule has 0 atom stereocenters. The lowest BCUT2D eigenvalue weighted by Crippen LogP contribution is -2.26. The predicted molar refractivity (Wildman–Crippen MR) is 81.8 cm³/mol. The zero-order chi connectivity index (χ0) is 15.2. The quantitative estimate of drug-likeness (QED) is 0.689. The normalized spacial score (nSPS) is 13.4. The number of rotatable bonds is 7. The van der Waals surface area contributed by atoms with Crippen molar-refractivity contribution in [2.75, 3.05) is 0 Å². The molecular weight excluding hydrogens is 253 g/mol. The summed E-state index contributed by atoms with van der Waals surface area (Å²) in [6.07, 6.45) is 9.70. The zero-order valence-corrected chi connectivity index (χ0v) is 12.4. The van der Waals surface area contributed by atoms with E-state index in [1.54, 1.807) is 12.2 Å². The molecule has 0 radical (unpaired) electrons. The van der Waals surface area contributed by atoms with Crippen LogP contribution in [-0.4, -0.2) is 15.0 Å². The fourth-order valence-corrected chi connectivity index (χ4v) is 1.96. The molecule has 108 valence electrons. The summed E-state index contributed by atoms with van der Waals surface area (Å²) in [5, 5.41) is 8.28. The van der Waals surface area contributed by atoms with Crippen molar-refractivity contribution in [3.63, 3.8) is 0 Å². The summed E-state index contributed by atoms with van der Waals surface area (Å²) in [7, 11) is 0. The van der Waals surface area contributed by atoms with E-state index in [-0.39, 0.29) is 5.54 Å². The maximum Gasteiger partial charge on any atom is 0.123 e. The lowest BCUT2D eigenvalue weighted by Gasteiger charge is -2.23. The molecule has 0 aliphatic rings. The number of allylic oxidation sites excluding steroid dienone is 6. The van der Waals surface area contributed by atoms with Crippen molar-refractivity contribution in [2.24, 2.45) is 0 Å². The SMILES string of the molecule is C=C/C=C(\C=C(\F)C=C)c1cn(C(C)(C)CCC)nn1. The Morgan fingerprint density at radius 2 is 2.15 bits per heavy atom. The standard InChI is InChI=1S/C16H22FN3/c1-6-9-13(11-14(17)8-3)15-12-20(19-18-15)16(4,5)10-7-2/h6,8-9,11-12H,1,3,7,10H2,2,4-5H3/b13-9+,14-11+. The summed E-state index contributed by atoms with van der Waals surface area (Å²) >= 11 is 0. The van der Waals surface area contributed by atoms with E-state index in [9.17, 15) is 4.39 Å². The van der Waals surface area contributed by atoms with Gasteiger partial charge < -0.3 is 0 Å². The average Bonchev–Trinajstić information content (AvgIpc) is 2.88. The minimum absolute atomic E-state index is 0.111. The van der Waals surface area contributed by atoms with Crippen molar-refractivity contribution in [1.82, 2.24) is 15.0 Å². The molecule has 1 heterocycles. The summed E-state index contributed by atoms with van der Waals surface area (Å²) in [6, 6.07) is 0. The Morgan fingerprint density at radius 3 is 2.70 bits per heavy atom. The third-order valence-electron chi connectivity index (χ3n) is 3.06. The molecule has 0 spiro atoms. The molecule has 0 saturated heterocycles. The molecule has 1 aromatic rings. The van der Waals surface area contributed by atoms with E-state index >= 15 is 0 Å². The lowest BCUT2D eigenvalue weighted by atomic mass is 9.99. The molecule has 0 N–H and O–H groups in total. The van der Waals surface area contributed by atoms with Gasteiger partial charge in [-0.2, -0.15) is 0 Å². The minimum Gasteiger partial charge on any atom is -0.246 e. The number of halogens is 1. The summed E-state index contributed by atoms with van der Waals surface area (Å²) < 4.78 is 15.2. The van der Waals surface area contributed by atoms with Crippen LogP contribution in [0, 0.1) is 0 Å². The van der Waals surface area contributed by atoms with Gasteiger partial charge in [-0.05, 0) is 32.4 Å². The largest absolute Gasteiger partial charge is 0.246 e. The molecular formula is C16H22FN3. The molecule has 0 aromatic carbocycles. The van der Waals surface area contributed by atoms with Gasteiger partial charge in [-0.3, -0.25) is 0 Å². The van der Waals surface area contributed by atoms with Gasteiger partial charge in [0.2, 0.25) is 0 Å². The molecule has 0 saturated carbocycles. The van der Waals surface area contributed by atoms with Gasteiger partial charge in [0.15, 0.2) is 0 Å². The Balaban J connectivity index is 3.13. The Labute approximate surface area is 120 Å². The Bertz CT molecular complexity index is 536. The van der Waals surface area contributed by atoms with Crippen molar-refractivity contribution in [1.29, 1.82) is 0 Å². The maximum atomic E-state index is 13.4. The molecule has 1 aromatic heterocycles. The smallest absolute Gasteiger partial charge is 0.123 e. The lowest BCUT2D eigenvalue weighted by molar-refractivity contribution is 0.286. The van der Waals surface area contributed by atoms with E-state index < -0.39 is 5.83 Å². The second kappa shape index (κ2) is 6.98. The number of hydrogen-bond acceptors (Lipinski definition) is 2. The first-order chi connectivity index (χ1) is 9.44. The molecule has 20 heavy (non-hydrogen) atoms. The molecule has 0 bridgehead atoms. The molecule has 0 fully saturated rings. The fraction of sp³-hybridized carbons (Fsp3) is 0.375. The molecule has 0 aliphatic heterocycles. The Hall–Kier alpha value is -1.97. The van der Waals surface area contributed by atoms with Crippen molar-refractivity contribution in [2.45, 2.75) is 39.2 Å². The summed E-state index contributed by atoms with van der Waals surface area (Å²) in [6.45, 7) is 13.4.